The number of hydrogen-bond donors (Lipinski definition) is 0. The maximum Gasteiger partial charge on any atom is 0.0345 e. The number of hydrogen-bond acceptors (Lipinski definition) is 2. The zero-order valence-electron chi connectivity index (χ0n) is 28.5. The monoisotopic (exact) mass is 609 g/mol. The average Bonchev–Trinajstić information content (AvgIpc) is 3.44. The first-order valence-electron chi connectivity index (χ1n) is 19.4. The maximum absolute atomic E-state index is 2.63. The topological polar surface area (TPSA) is 0 Å². The first-order chi connectivity index (χ1) is 20.4. The van der Waals surface area contributed by atoms with Gasteiger partial charge < -0.3 is 0 Å². The SMILES string of the molecule is CCCCCCCCCCCCCCCCCCC1=CC(CCCCCCCCCCCCCCCCCC)SS1. The largest absolute Gasteiger partial charge is 0.0816 e. The van der Waals surface area contributed by atoms with Gasteiger partial charge >= 0.3 is 0 Å². The Hall–Kier alpha value is 0.440. The molecule has 0 aromatic heterocycles. The van der Waals surface area contributed by atoms with Crippen LogP contribution in [0.5, 0.6) is 0 Å². The van der Waals surface area contributed by atoms with E-state index in [1.807, 2.05) is 0 Å². The molecule has 0 aliphatic carbocycles. The van der Waals surface area contributed by atoms with Gasteiger partial charge in [-0.2, -0.15) is 0 Å². The van der Waals surface area contributed by atoms with Crippen LogP contribution in [0.1, 0.15) is 232 Å². The second-order valence-electron chi connectivity index (χ2n) is 13.5. The van der Waals surface area contributed by atoms with Crippen molar-refractivity contribution in [2.45, 2.75) is 237 Å². The average molecular weight is 609 g/mol. The molecule has 0 radical (unpaired) electrons. The molecule has 1 unspecified atom stereocenters. The molecule has 0 aromatic rings. The van der Waals surface area contributed by atoms with Gasteiger partial charge in [-0.15, -0.1) is 0 Å². The van der Waals surface area contributed by atoms with E-state index >= 15 is 0 Å². The van der Waals surface area contributed by atoms with Crippen molar-refractivity contribution in [2.24, 2.45) is 0 Å². The van der Waals surface area contributed by atoms with E-state index in [0.717, 1.165) is 5.25 Å². The van der Waals surface area contributed by atoms with Gasteiger partial charge in [0.25, 0.3) is 0 Å². The van der Waals surface area contributed by atoms with Crippen LogP contribution >= 0.6 is 21.6 Å². The van der Waals surface area contributed by atoms with Crippen LogP contribution in [-0.2, 0) is 0 Å². The van der Waals surface area contributed by atoms with Crippen LogP contribution in [0, 0.1) is 0 Å². The third-order valence-electron chi connectivity index (χ3n) is 9.27. The van der Waals surface area contributed by atoms with Gasteiger partial charge in [-0.3, -0.25) is 0 Å². The molecule has 0 nitrogen and oxygen atoms in total. The molecule has 1 aliphatic heterocycles. The summed E-state index contributed by atoms with van der Waals surface area (Å²) in [4.78, 5) is 1.70. The lowest BCUT2D eigenvalue weighted by molar-refractivity contribution is 0.528. The number of rotatable bonds is 34. The molecule has 0 saturated carbocycles. The van der Waals surface area contributed by atoms with Gasteiger partial charge in [-0.25, -0.2) is 0 Å². The fourth-order valence-corrected chi connectivity index (χ4v) is 9.26. The van der Waals surface area contributed by atoms with Gasteiger partial charge in [0.1, 0.15) is 0 Å². The zero-order valence-corrected chi connectivity index (χ0v) is 30.1. The van der Waals surface area contributed by atoms with Crippen molar-refractivity contribution in [2.75, 3.05) is 0 Å². The van der Waals surface area contributed by atoms with Gasteiger partial charge in [-0.1, -0.05) is 241 Å². The molecule has 0 spiro atoms. The lowest BCUT2D eigenvalue weighted by Gasteiger charge is -2.06. The van der Waals surface area contributed by atoms with E-state index in [9.17, 15) is 0 Å². The summed E-state index contributed by atoms with van der Waals surface area (Å²) in [5.41, 5.74) is 0. The summed E-state index contributed by atoms with van der Waals surface area (Å²) >= 11 is 0. The zero-order chi connectivity index (χ0) is 29.3. The first-order valence-corrected chi connectivity index (χ1v) is 21.6. The summed E-state index contributed by atoms with van der Waals surface area (Å²) in [7, 11) is 4.25. The Balaban J connectivity index is 1.76. The van der Waals surface area contributed by atoms with Gasteiger partial charge in [0.2, 0.25) is 0 Å². The molecule has 41 heavy (non-hydrogen) atoms. The highest BCUT2D eigenvalue weighted by molar-refractivity contribution is 8.78. The summed E-state index contributed by atoms with van der Waals surface area (Å²) in [6, 6.07) is 0. The summed E-state index contributed by atoms with van der Waals surface area (Å²) < 4.78 is 0. The van der Waals surface area contributed by atoms with E-state index in [1.165, 1.54) is 218 Å². The minimum Gasteiger partial charge on any atom is -0.0816 e. The third-order valence-corrected chi connectivity index (χ3v) is 12.2. The minimum absolute atomic E-state index is 0.808. The highest BCUT2D eigenvalue weighted by Gasteiger charge is 2.16. The molecule has 1 rings (SSSR count). The lowest BCUT2D eigenvalue weighted by atomic mass is 10.0. The Labute approximate surface area is 269 Å². The smallest absolute Gasteiger partial charge is 0.0345 e. The second-order valence-corrected chi connectivity index (χ2v) is 16.1. The molecule has 0 amide bonds. The molecule has 0 fully saturated rings. The minimum atomic E-state index is 0.808. The Morgan fingerprint density at radius 1 is 0.390 bits per heavy atom. The van der Waals surface area contributed by atoms with Crippen molar-refractivity contribution < 1.29 is 0 Å². The van der Waals surface area contributed by atoms with E-state index < -0.39 is 0 Å². The van der Waals surface area contributed by atoms with Gasteiger partial charge in [-0.05, 0) is 24.2 Å². The summed E-state index contributed by atoms with van der Waals surface area (Å²) in [5.74, 6) is 0. The molecule has 0 aromatic carbocycles. The van der Waals surface area contributed by atoms with Crippen molar-refractivity contribution in [3.8, 4) is 0 Å². The second kappa shape index (κ2) is 33.3. The van der Waals surface area contributed by atoms with Crippen LogP contribution in [0.4, 0.5) is 0 Å². The quantitative estimate of drug-likeness (QED) is 0.0526. The van der Waals surface area contributed by atoms with E-state index in [2.05, 4.69) is 41.5 Å². The van der Waals surface area contributed by atoms with Crippen molar-refractivity contribution in [1.82, 2.24) is 0 Å². The Morgan fingerprint density at radius 2 is 0.683 bits per heavy atom. The third kappa shape index (κ3) is 28.9. The number of allylic oxidation sites excluding steroid dienone is 1. The van der Waals surface area contributed by atoms with Gasteiger partial charge in [0, 0.05) is 5.25 Å². The van der Waals surface area contributed by atoms with Crippen LogP contribution < -0.4 is 0 Å². The van der Waals surface area contributed by atoms with Crippen LogP contribution in [0.25, 0.3) is 0 Å². The van der Waals surface area contributed by atoms with Crippen molar-refractivity contribution in [1.29, 1.82) is 0 Å². The molecular formula is C39H76S2. The van der Waals surface area contributed by atoms with E-state index in [-0.39, 0.29) is 0 Å². The van der Waals surface area contributed by atoms with Gasteiger partial charge in [0.15, 0.2) is 0 Å². The highest BCUT2D eigenvalue weighted by atomic mass is 33.1. The normalized spacial score (nSPS) is 15.2. The van der Waals surface area contributed by atoms with E-state index in [4.69, 9.17) is 0 Å². The van der Waals surface area contributed by atoms with Crippen molar-refractivity contribution >= 4 is 21.6 Å². The first kappa shape index (κ1) is 39.5. The molecule has 1 heterocycles. The van der Waals surface area contributed by atoms with Gasteiger partial charge in [0.05, 0.1) is 0 Å². The predicted octanol–water partition coefficient (Wildman–Crippen LogP) is 15.9. The molecule has 244 valence electrons. The maximum atomic E-state index is 2.63. The predicted molar refractivity (Wildman–Crippen MR) is 195 cm³/mol. The standard InChI is InChI=1S/C39H76S2/c1-3-5-7-9-11-13-15-17-19-21-23-25-27-29-31-33-35-38-37-39(41-40-38)36-34-32-30-28-26-24-22-20-18-16-14-12-10-8-6-4-2/h37-38H,3-36H2,1-2H3. The summed E-state index contributed by atoms with van der Waals surface area (Å²) in [6.45, 7) is 4.62. The highest BCUT2D eigenvalue weighted by Crippen LogP contribution is 2.45. The molecule has 1 atom stereocenters. The Morgan fingerprint density at radius 3 is 1.02 bits per heavy atom. The van der Waals surface area contributed by atoms with Crippen LogP contribution in [0.3, 0.4) is 0 Å². The van der Waals surface area contributed by atoms with Crippen LogP contribution in [0.15, 0.2) is 11.0 Å². The van der Waals surface area contributed by atoms with Crippen LogP contribution in [-0.4, -0.2) is 5.25 Å². The Kier molecular flexibility index (Phi) is 32.1. The lowest BCUT2D eigenvalue weighted by Crippen LogP contribution is -1.93. The number of unbranched alkanes of at least 4 members (excludes halogenated alkanes) is 30. The molecular weight excluding hydrogens is 533 g/mol. The summed E-state index contributed by atoms with van der Waals surface area (Å²) in [6.07, 6.45) is 52.3. The molecule has 1 aliphatic rings. The van der Waals surface area contributed by atoms with Crippen molar-refractivity contribution in [3.05, 3.63) is 11.0 Å². The molecule has 2 heteroatoms. The fourth-order valence-electron chi connectivity index (χ4n) is 6.38. The van der Waals surface area contributed by atoms with E-state index in [1.54, 1.807) is 4.91 Å². The molecule has 0 saturated heterocycles. The summed E-state index contributed by atoms with van der Waals surface area (Å²) in [5, 5.41) is 0.808. The Bertz CT molecular complexity index is 528. The van der Waals surface area contributed by atoms with Crippen molar-refractivity contribution in [3.63, 3.8) is 0 Å². The molecule has 0 N–H and O–H groups in total. The molecule has 0 bridgehead atoms. The fraction of sp³-hybridized carbons (Fsp3) is 0.949. The van der Waals surface area contributed by atoms with Crippen LogP contribution in [0.2, 0.25) is 0 Å². The van der Waals surface area contributed by atoms with E-state index in [0.29, 0.717) is 0 Å².